The number of aromatic nitrogens is 3. The second-order valence-corrected chi connectivity index (χ2v) is 3.97. The van der Waals surface area contributed by atoms with Gasteiger partial charge in [-0.1, -0.05) is 5.16 Å². The van der Waals surface area contributed by atoms with Gasteiger partial charge >= 0.3 is 0 Å². The fourth-order valence-electron chi connectivity index (χ4n) is 1.95. The lowest BCUT2D eigenvalue weighted by Crippen LogP contribution is -2.44. The van der Waals surface area contributed by atoms with Gasteiger partial charge in [-0.25, -0.2) is 0 Å². The van der Waals surface area contributed by atoms with Crippen molar-refractivity contribution in [1.29, 1.82) is 0 Å². The maximum absolute atomic E-state index is 12.0. The fourth-order valence-corrected chi connectivity index (χ4v) is 1.95. The number of carbonyl (C=O) groups excluding carboxylic acids is 1. The Hall–Kier alpha value is -2.12. The number of nitrogens with zero attached hydrogens (tertiary/aromatic N) is 4. The normalized spacial score (nSPS) is 21.5. The zero-order chi connectivity index (χ0) is 12.3. The predicted molar refractivity (Wildman–Crippen MR) is 58.4 cm³/mol. The number of aromatic amines is 1. The van der Waals surface area contributed by atoms with Crippen molar-refractivity contribution in [2.45, 2.75) is 12.8 Å². The number of amidine groups is 1. The zero-order valence-electron chi connectivity index (χ0n) is 9.20. The van der Waals surface area contributed by atoms with Crippen LogP contribution >= 0.6 is 0 Å². The van der Waals surface area contributed by atoms with E-state index in [1.54, 1.807) is 4.90 Å². The van der Waals surface area contributed by atoms with Crippen LogP contribution in [0.2, 0.25) is 0 Å². The third-order valence-corrected chi connectivity index (χ3v) is 2.88. The molecular formula is C9H14N6O2. The molecule has 2 rings (SSSR count). The zero-order valence-corrected chi connectivity index (χ0v) is 9.20. The minimum Gasteiger partial charge on any atom is -0.409 e. The summed E-state index contributed by atoms with van der Waals surface area (Å²) in [5.74, 6) is -0.110. The molecule has 0 spiro atoms. The van der Waals surface area contributed by atoms with Crippen LogP contribution in [0.5, 0.6) is 0 Å². The van der Waals surface area contributed by atoms with Crippen molar-refractivity contribution in [3.8, 4) is 0 Å². The summed E-state index contributed by atoms with van der Waals surface area (Å²) in [6, 6.07) is 0. The van der Waals surface area contributed by atoms with E-state index in [0.717, 1.165) is 12.8 Å². The van der Waals surface area contributed by atoms with Gasteiger partial charge in [0.2, 0.25) is 0 Å². The van der Waals surface area contributed by atoms with Crippen LogP contribution in [0.15, 0.2) is 11.4 Å². The number of piperidine rings is 1. The third-order valence-electron chi connectivity index (χ3n) is 2.88. The number of oxime groups is 1. The molecule has 92 valence electrons. The van der Waals surface area contributed by atoms with E-state index >= 15 is 0 Å². The van der Waals surface area contributed by atoms with Crippen LogP contribution in [0.25, 0.3) is 0 Å². The molecule has 0 aromatic carbocycles. The first-order chi connectivity index (χ1) is 8.22. The molecule has 2 heterocycles. The largest absolute Gasteiger partial charge is 0.409 e. The molecule has 1 fully saturated rings. The van der Waals surface area contributed by atoms with Gasteiger partial charge in [0.05, 0.1) is 6.20 Å². The highest BCUT2D eigenvalue weighted by atomic mass is 16.4. The molecule has 8 heteroatoms. The van der Waals surface area contributed by atoms with Gasteiger partial charge in [-0.3, -0.25) is 4.79 Å². The molecule has 1 amide bonds. The first kappa shape index (κ1) is 11.4. The number of nitrogens with one attached hydrogen (secondary N) is 1. The molecule has 0 saturated carbocycles. The number of H-pyrrole nitrogens is 1. The first-order valence-electron chi connectivity index (χ1n) is 5.35. The molecule has 0 radical (unpaired) electrons. The quantitative estimate of drug-likeness (QED) is 0.275. The Labute approximate surface area is 97.5 Å². The van der Waals surface area contributed by atoms with Gasteiger partial charge < -0.3 is 15.8 Å². The Morgan fingerprint density at radius 2 is 2.53 bits per heavy atom. The molecule has 4 N–H and O–H groups in total. The lowest BCUT2D eigenvalue weighted by atomic mass is 9.97. The van der Waals surface area contributed by atoms with E-state index in [0.29, 0.717) is 13.1 Å². The van der Waals surface area contributed by atoms with Crippen LogP contribution < -0.4 is 5.73 Å². The molecule has 1 saturated heterocycles. The highest BCUT2D eigenvalue weighted by Gasteiger charge is 2.27. The maximum Gasteiger partial charge on any atom is 0.276 e. The van der Waals surface area contributed by atoms with Gasteiger partial charge in [-0.05, 0) is 12.8 Å². The fraction of sp³-hybridized carbons (Fsp3) is 0.556. The Kier molecular flexibility index (Phi) is 3.22. The maximum atomic E-state index is 12.0. The molecular weight excluding hydrogens is 224 g/mol. The van der Waals surface area contributed by atoms with E-state index in [4.69, 9.17) is 10.9 Å². The molecule has 17 heavy (non-hydrogen) atoms. The number of carbonyl (C=O) groups is 1. The summed E-state index contributed by atoms with van der Waals surface area (Å²) in [6.07, 6.45) is 3.03. The minimum absolute atomic E-state index is 0.0930. The number of nitrogens with two attached hydrogens (primary N) is 1. The van der Waals surface area contributed by atoms with Gasteiger partial charge in [0, 0.05) is 19.0 Å². The molecule has 0 aliphatic carbocycles. The summed E-state index contributed by atoms with van der Waals surface area (Å²) < 4.78 is 0. The van der Waals surface area contributed by atoms with Crippen molar-refractivity contribution < 1.29 is 10.0 Å². The summed E-state index contributed by atoms with van der Waals surface area (Å²) in [5, 5.41) is 21.4. The average molecular weight is 238 g/mol. The summed E-state index contributed by atoms with van der Waals surface area (Å²) in [4.78, 5) is 13.6. The summed E-state index contributed by atoms with van der Waals surface area (Å²) >= 11 is 0. The highest BCUT2D eigenvalue weighted by Crippen LogP contribution is 2.17. The summed E-state index contributed by atoms with van der Waals surface area (Å²) in [6.45, 7) is 1.10. The molecule has 1 aromatic heterocycles. The van der Waals surface area contributed by atoms with Gasteiger partial charge in [0.1, 0.15) is 5.84 Å². The molecule has 1 aliphatic rings. The van der Waals surface area contributed by atoms with Crippen molar-refractivity contribution in [2.75, 3.05) is 13.1 Å². The molecule has 0 bridgehead atoms. The van der Waals surface area contributed by atoms with Crippen molar-refractivity contribution >= 4 is 11.7 Å². The van der Waals surface area contributed by atoms with Crippen LogP contribution in [0.4, 0.5) is 0 Å². The highest BCUT2D eigenvalue weighted by molar-refractivity contribution is 5.92. The lowest BCUT2D eigenvalue weighted by Gasteiger charge is -2.31. The van der Waals surface area contributed by atoms with E-state index in [2.05, 4.69) is 20.6 Å². The van der Waals surface area contributed by atoms with E-state index in [1.165, 1.54) is 6.20 Å². The lowest BCUT2D eigenvalue weighted by molar-refractivity contribution is 0.0695. The minimum atomic E-state index is -0.186. The average Bonchev–Trinajstić information content (AvgIpc) is 2.91. The van der Waals surface area contributed by atoms with Crippen LogP contribution in [-0.4, -0.2) is 50.4 Å². The summed E-state index contributed by atoms with van der Waals surface area (Å²) in [5.41, 5.74) is 5.84. The van der Waals surface area contributed by atoms with Crippen molar-refractivity contribution in [3.05, 3.63) is 11.9 Å². The van der Waals surface area contributed by atoms with Crippen molar-refractivity contribution in [1.82, 2.24) is 20.3 Å². The topological polar surface area (TPSA) is 120 Å². The number of hydrogen-bond acceptors (Lipinski definition) is 5. The Bertz CT molecular complexity index is 415. The van der Waals surface area contributed by atoms with Crippen molar-refractivity contribution in [2.24, 2.45) is 16.8 Å². The van der Waals surface area contributed by atoms with E-state index in [9.17, 15) is 4.79 Å². The third kappa shape index (κ3) is 2.35. The molecule has 1 unspecified atom stereocenters. The van der Waals surface area contributed by atoms with Crippen LogP contribution in [-0.2, 0) is 0 Å². The van der Waals surface area contributed by atoms with Crippen molar-refractivity contribution in [3.63, 3.8) is 0 Å². The van der Waals surface area contributed by atoms with Crippen LogP contribution in [0, 0.1) is 5.92 Å². The van der Waals surface area contributed by atoms with E-state index in [1.807, 2.05) is 0 Å². The standard InChI is InChI=1S/C9H14N6O2/c10-8(13-17)6-2-1-3-15(5-6)9(16)7-4-11-14-12-7/h4,6,17H,1-3,5H2,(H2,10,13)(H,11,12,14). The van der Waals surface area contributed by atoms with Crippen LogP contribution in [0.3, 0.4) is 0 Å². The predicted octanol–water partition coefficient (Wildman–Crippen LogP) is -0.597. The van der Waals surface area contributed by atoms with Crippen LogP contribution in [0.1, 0.15) is 23.3 Å². The SMILES string of the molecule is NC(=NO)C1CCCN(C(=O)c2cn[nH]n2)C1. The number of rotatable bonds is 2. The monoisotopic (exact) mass is 238 g/mol. The number of amides is 1. The van der Waals surface area contributed by atoms with E-state index in [-0.39, 0.29) is 23.4 Å². The smallest absolute Gasteiger partial charge is 0.276 e. The van der Waals surface area contributed by atoms with Gasteiger partial charge in [-0.15, -0.1) is 0 Å². The number of hydrogen-bond donors (Lipinski definition) is 3. The van der Waals surface area contributed by atoms with E-state index < -0.39 is 0 Å². The second-order valence-electron chi connectivity index (χ2n) is 3.97. The molecule has 1 aliphatic heterocycles. The summed E-state index contributed by atoms with van der Waals surface area (Å²) in [7, 11) is 0. The Morgan fingerprint density at radius 3 is 3.18 bits per heavy atom. The molecule has 1 atom stereocenters. The first-order valence-corrected chi connectivity index (χ1v) is 5.35. The second kappa shape index (κ2) is 4.81. The molecule has 8 nitrogen and oxygen atoms in total. The van der Waals surface area contributed by atoms with Gasteiger partial charge in [0.25, 0.3) is 5.91 Å². The number of likely N-dealkylation sites (tertiary alicyclic amines) is 1. The molecule has 1 aromatic rings. The Balaban J connectivity index is 2.05. The van der Waals surface area contributed by atoms with Gasteiger partial charge in [-0.2, -0.15) is 15.4 Å². The Morgan fingerprint density at radius 1 is 1.71 bits per heavy atom. The van der Waals surface area contributed by atoms with Gasteiger partial charge in [0.15, 0.2) is 5.69 Å².